The summed E-state index contributed by atoms with van der Waals surface area (Å²) in [4.78, 5) is 32.3. The van der Waals surface area contributed by atoms with Crippen LogP contribution in [0.15, 0.2) is 34.2 Å². The van der Waals surface area contributed by atoms with Gasteiger partial charge in [0.2, 0.25) is 5.91 Å². The van der Waals surface area contributed by atoms with Crippen LogP contribution < -0.4 is 10.9 Å². The highest BCUT2D eigenvalue weighted by atomic mass is 32.2. The van der Waals surface area contributed by atoms with Gasteiger partial charge in [-0.2, -0.15) is 0 Å². The lowest BCUT2D eigenvalue weighted by Gasteiger charge is -2.13. The Morgan fingerprint density at radius 1 is 1.37 bits per heavy atom. The van der Waals surface area contributed by atoms with Crippen molar-refractivity contribution in [2.75, 3.05) is 12.3 Å². The maximum atomic E-state index is 13.5. The molecule has 0 bridgehead atoms. The number of rotatable bonds is 5. The molecular weight excluding hydrogens is 378 g/mol. The number of aryl methyl sites for hydroxylation is 3. The summed E-state index contributed by atoms with van der Waals surface area (Å²) in [6.45, 7) is 4.49. The number of aromatic nitrogens is 2. The van der Waals surface area contributed by atoms with Crippen molar-refractivity contribution in [3.05, 3.63) is 50.6 Å². The summed E-state index contributed by atoms with van der Waals surface area (Å²) in [5.41, 5.74) is 3.03. The summed E-state index contributed by atoms with van der Waals surface area (Å²) in [6.07, 6.45) is 3.09. The number of thiophene rings is 1. The van der Waals surface area contributed by atoms with Gasteiger partial charge < -0.3 is 5.32 Å². The minimum atomic E-state index is -0.0543. The molecule has 0 fully saturated rings. The van der Waals surface area contributed by atoms with Crippen LogP contribution in [0, 0.1) is 6.92 Å². The summed E-state index contributed by atoms with van der Waals surface area (Å²) in [7, 11) is 0. The third kappa shape index (κ3) is 3.41. The second-order valence-electron chi connectivity index (χ2n) is 6.65. The summed E-state index contributed by atoms with van der Waals surface area (Å²) >= 11 is 2.94. The predicted molar refractivity (Wildman–Crippen MR) is 111 cm³/mol. The Labute approximate surface area is 165 Å². The fourth-order valence-electron chi connectivity index (χ4n) is 3.49. The smallest absolute Gasteiger partial charge is 0.267 e. The van der Waals surface area contributed by atoms with E-state index < -0.39 is 0 Å². The molecule has 3 aromatic rings. The summed E-state index contributed by atoms with van der Waals surface area (Å²) in [5.74, 6) is 0.184. The first kappa shape index (κ1) is 18.3. The van der Waals surface area contributed by atoms with Gasteiger partial charge >= 0.3 is 0 Å². The Bertz CT molecular complexity index is 1080. The number of carbonyl (C=O) groups is 1. The fourth-order valence-corrected chi connectivity index (χ4v) is 5.64. The normalized spacial score (nSPS) is 13.1. The highest BCUT2D eigenvalue weighted by molar-refractivity contribution is 7.99. The Hall–Kier alpha value is -2.12. The molecule has 0 unspecified atom stereocenters. The van der Waals surface area contributed by atoms with Crippen LogP contribution >= 0.6 is 23.1 Å². The van der Waals surface area contributed by atoms with Crippen LogP contribution in [0.2, 0.25) is 0 Å². The second-order valence-corrected chi connectivity index (χ2v) is 8.68. The van der Waals surface area contributed by atoms with E-state index in [1.807, 2.05) is 38.1 Å². The monoisotopic (exact) mass is 399 g/mol. The molecule has 1 aliphatic carbocycles. The van der Waals surface area contributed by atoms with Crippen LogP contribution in [0.4, 0.5) is 0 Å². The van der Waals surface area contributed by atoms with Gasteiger partial charge in [-0.05, 0) is 56.4 Å². The number of hydrogen-bond acceptors (Lipinski definition) is 5. The molecule has 2 aromatic heterocycles. The van der Waals surface area contributed by atoms with E-state index in [4.69, 9.17) is 4.98 Å². The van der Waals surface area contributed by atoms with Crippen LogP contribution in [0.1, 0.15) is 29.3 Å². The molecule has 2 heterocycles. The van der Waals surface area contributed by atoms with Gasteiger partial charge in [-0.1, -0.05) is 23.9 Å². The Balaban J connectivity index is 1.88. The van der Waals surface area contributed by atoms with Gasteiger partial charge in [-0.15, -0.1) is 11.3 Å². The molecule has 27 heavy (non-hydrogen) atoms. The molecule has 0 radical (unpaired) electrons. The zero-order valence-electron chi connectivity index (χ0n) is 15.4. The first-order chi connectivity index (χ1) is 13.1. The molecule has 140 valence electrons. The van der Waals surface area contributed by atoms with Gasteiger partial charge in [0.05, 0.1) is 16.8 Å². The summed E-state index contributed by atoms with van der Waals surface area (Å²) in [6, 6.07) is 7.85. The van der Waals surface area contributed by atoms with Gasteiger partial charge in [-0.3, -0.25) is 14.2 Å². The molecular formula is C20H21N3O2S2. The Kier molecular flexibility index (Phi) is 5.06. The molecule has 0 aliphatic heterocycles. The highest BCUT2D eigenvalue weighted by Gasteiger charge is 2.24. The van der Waals surface area contributed by atoms with Crippen LogP contribution in [-0.4, -0.2) is 27.8 Å². The van der Waals surface area contributed by atoms with Gasteiger partial charge in [0.15, 0.2) is 5.16 Å². The van der Waals surface area contributed by atoms with Gasteiger partial charge in [0.25, 0.3) is 5.56 Å². The third-order valence-corrected chi connectivity index (χ3v) is 6.80. The van der Waals surface area contributed by atoms with E-state index >= 15 is 0 Å². The molecule has 0 atom stereocenters. The largest absolute Gasteiger partial charge is 0.356 e. The van der Waals surface area contributed by atoms with Crippen LogP contribution in [0.5, 0.6) is 0 Å². The van der Waals surface area contributed by atoms with E-state index in [-0.39, 0.29) is 17.2 Å². The van der Waals surface area contributed by atoms with Gasteiger partial charge in [-0.25, -0.2) is 4.98 Å². The zero-order chi connectivity index (χ0) is 19.0. The minimum Gasteiger partial charge on any atom is -0.356 e. The fraction of sp³-hybridized carbons (Fsp3) is 0.350. The number of nitrogens with zero attached hydrogens (tertiary/aromatic N) is 2. The van der Waals surface area contributed by atoms with E-state index in [0.717, 1.165) is 40.7 Å². The SMILES string of the molecule is CCNC(=O)CSc1nc2sc3c(c2c(=O)n1-c1cccc(C)c1)CCC3. The molecule has 7 heteroatoms. The van der Waals surface area contributed by atoms with Crippen LogP contribution in [-0.2, 0) is 17.6 Å². The minimum absolute atomic E-state index is 0.0246. The lowest BCUT2D eigenvalue weighted by molar-refractivity contribution is -0.118. The second kappa shape index (κ2) is 7.48. The molecule has 0 saturated heterocycles. The van der Waals surface area contributed by atoms with Crippen molar-refractivity contribution in [3.63, 3.8) is 0 Å². The molecule has 1 amide bonds. The lowest BCUT2D eigenvalue weighted by atomic mass is 10.2. The van der Waals surface area contributed by atoms with Crippen molar-refractivity contribution >= 4 is 39.2 Å². The number of carbonyl (C=O) groups excluding carboxylic acids is 1. The summed E-state index contributed by atoms with van der Waals surface area (Å²) in [5, 5.41) is 4.13. The van der Waals surface area contributed by atoms with E-state index in [2.05, 4.69) is 5.32 Å². The van der Waals surface area contributed by atoms with Crippen molar-refractivity contribution in [1.82, 2.24) is 14.9 Å². The number of amides is 1. The molecule has 0 spiro atoms. The van der Waals surface area contributed by atoms with Gasteiger partial charge in [0, 0.05) is 11.4 Å². The van der Waals surface area contributed by atoms with Crippen molar-refractivity contribution in [1.29, 1.82) is 0 Å². The zero-order valence-corrected chi connectivity index (χ0v) is 17.0. The standard InChI is InChI=1S/C20H21N3O2S2/c1-3-21-16(24)11-26-20-22-18-17(14-8-5-9-15(14)27-18)19(25)23(20)13-7-4-6-12(2)10-13/h4,6-7,10H,3,5,8-9,11H2,1-2H3,(H,21,24). The summed E-state index contributed by atoms with van der Waals surface area (Å²) < 4.78 is 1.67. The van der Waals surface area contributed by atoms with Crippen molar-refractivity contribution in [2.24, 2.45) is 0 Å². The first-order valence-corrected chi connectivity index (χ1v) is 10.9. The van der Waals surface area contributed by atoms with Gasteiger partial charge in [0.1, 0.15) is 4.83 Å². The maximum absolute atomic E-state index is 13.5. The lowest BCUT2D eigenvalue weighted by Crippen LogP contribution is -2.26. The topological polar surface area (TPSA) is 64.0 Å². The van der Waals surface area contributed by atoms with E-state index in [1.54, 1.807) is 15.9 Å². The van der Waals surface area contributed by atoms with E-state index in [1.165, 1.54) is 22.2 Å². The van der Waals surface area contributed by atoms with Crippen LogP contribution in [0.25, 0.3) is 15.9 Å². The van der Waals surface area contributed by atoms with Crippen LogP contribution in [0.3, 0.4) is 0 Å². The molecule has 1 N–H and O–H groups in total. The molecule has 1 aliphatic rings. The number of nitrogens with one attached hydrogen (secondary N) is 1. The third-order valence-electron chi connectivity index (χ3n) is 4.67. The molecule has 0 saturated carbocycles. The van der Waals surface area contributed by atoms with E-state index in [9.17, 15) is 9.59 Å². The molecule has 4 rings (SSSR count). The molecule has 1 aromatic carbocycles. The number of hydrogen-bond donors (Lipinski definition) is 1. The van der Waals surface area contributed by atoms with Crippen molar-refractivity contribution < 1.29 is 4.79 Å². The predicted octanol–water partition coefficient (Wildman–Crippen LogP) is 3.47. The average molecular weight is 400 g/mol. The Morgan fingerprint density at radius 3 is 3.00 bits per heavy atom. The average Bonchev–Trinajstić information content (AvgIpc) is 3.20. The molecule has 5 nitrogen and oxygen atoms in total. The number of fused-ring (bicyclic) bond motifs is 3. The first-order valence-electron chi connectivity index (χ1n) is 9.12. The highest BCUT2D eigenvalue weighted by Crippen LogP contribution is 2.36. The number of thioether (sulfide) groups is 1. The number of benzene rings is 1. The Morgan fingerprint density at radius 2 is 2.22 bits per heavy atom. The quantitative estimate of drug-likeness (QED) is 0.527. The van der Waals surface area contributed by atoms with Crippen molar-refractivity contribution in [3.8, 4) is 5.69 Å². The van der Waals surface area contributed by atoms with Crippen molar-refractivity contribution in [2.45, 2.75) is 38.3 Å². The van der Waals surface area contributed by atoms with E-state index in [0.29, 0.717) is 11.7 Å². The maximum Gasteiger partial charge on any atom is 0.267 e.